The fourth-order valence-electron chi connectivity index (χ4n) is 1.47. The number of phenols is 1. The summed E-state index contributed by atoms with van der Waals surface area (Å²) in [5, 5.41) is 13.4. The van der Waals surface area contributed by atoms with Gasteiger partial charge in [-0.1, -0.05) is 17.7 Å². The van der Waals surface area contributed by atoms with E-state index in [1.165, 1.54) is 0 Å². The third-order valence-corrected chi connectivity index (χ3v) is 4.28. The van der Waals surface area contributed by atoms with Crippen molar-refractivity contribution < 1.29 is 5.11 Å². The van der Waals surface area contributed by atoms with Gasteiger partial charge >= 0.3 is 0 Å². The smallest absolute Gasteiger partial charge is 0.129 e. The first-order valence-corrected chi connectivity index (χ1v) is 7.19. The Morgan fingerprint density at radius 3 is 2.50 bits per heavy atom. The Bertz CT molecular complexity index is 523. The molecule has 0 heterocycles. The van der Waals surface area contributed by atoms with Crippen LogP contribution in [0.5, 0.6) is 5.75 Å². The van der Waals surface area contributed by atoms with Gasteiger partial charge in [0.25, 0.3) is 0 Å². The fraction of sp³-hybridized carbons (Fsp3) is 0.0769. The van der Waals surface area contributed by atoms with Gasteiger partial charge in [0.1, 0.15) is 5.75 Å². The number of hydrogen-bond acceptors (Lipinski definition) is 2. The van der Waals surface area contributed by atoms with E-state index >= 15 is 0 Å². The molecular weight excluding hydrogens is 381 g/mol. The van der Waals surface area contributed by atoms with Crippen LogP contribution in [-0.2, 0) is 6.54 Å². The molecule has 0 radical (unpaired) electrons. The summed E-state index contributed by atoms with van der Waals surface area (Å²) in [5.41, 5.74) is 2.06. The lowest BCUT2D eigenvalue weighted by molar-refractivity contribution is 0.471. The van der Waals surface area contributed by atoms with E-state index < -0.39 is 0 Å². The van der Waals surface area contributed by atoms with Gasteiger partial charge in [-0.3, -0.25) is 0 Å². The molecule has 0 fully saturated rings. The molecule has 2 aromatic carbocycles. The van der Waals surface area contributed by atoms with E-state index in [0.717, 1.165) is 15.7 Å². The average Bonchev–Trinajstić information content (AvgIpc) is 2.35. The van der Waals surface area contributed by atoms with Gasteiger partial charge in [-0.15, -0.1) is 0 Å². The Morgan fingerprint density at radius 1 is 1.06 bits per heavy atom. The van der Waals surface area contributed by atoms with Crippen LogP contribution in [0.2, 0.25) is 5.02 Å². The first-order valence-electron chi connectivity index (χ1n) is 5.22. The van der Waals surface area contributed by atoms with Crippen molar-refractivity contribution in [3.63, 3.8) is 0 Å². The zero-order valence-electron chi connectivity index (χ0n) is 9.25. The molecule has 2 rings (SSSR count). The summed E-state index contributed by atoms with van der Waals surface area (Å²) < 4.78 is 1.56. The number of benzene rings is 2. The molecule has 0 atom stereocenters. The lowest BCUT2D eigenvalue weighted by atomic mass is 10.2. The third-order valence-electron chi connectivity index (χ3n) is 2.43. The van der Waals surface area contributed by atoms with Gasteiger partial charge in [0.05, 0.1) is 9.50 Å². The van der Waals surface area contributed by atoms with Crippen molar-refractivity contribution >= 4 is 49.1 Å². The van der Waals surface area contributed by atoms with E-state index in [1.807, 2.05) is 30.3 Å². The lowest BCUT2D eigenvalue weighted by Gasteiger charge is -2.08. The van der Waals surface area contributed by atoms with Crippen molar-refractivity contribution in [3.8, 4) is 5.75 Å². The van der Waals surface area contributed by atoms with Crippen LogP contribution < -0.4 is 5.32 Å². The maximum Gasteiger partial charge on any atom is 0.129 e. The maximum absolute atomic E-state index is 9.41. The van der Waals surface area contributed by atoms with E-state index in [9.17, 15) is 5.11 Å². The fourth-order valence-corrected chi connectivity index (χ4v) is 2.39. The van der Waals surface area contributed by atoms with Crippen molar-refractivity contribution in [2.45, 2.75) is 6.54 Å². The molecule has 18 heavy (non-hydrogen) atoms. The summed E-state index contributed by atoms with van der Waals surface area (Å²) >= 11 is 12.6. The van der Waals surface area contributed by atoms with Crippen LogP contribution in [-0.4, -0.2) is 5.11 Å². The van der Waals surface area contributed by atoms with Crippen LogP contribution in [0.25, 0.3) is 0 Å². The molecule has 2 nitrogen and oxygen atoms in total. The van der Waals surface area contributed by atoms with Crippen molar-refractivity contribution in [2.24, 2.45) is 0 Å². The highest BCUT2D eigenvalue weighted by atomic mass is 79.9. The van der Waals surface area contributed by atoms with Crippen molar-refractivity contribution in [1.29, 1.82) is 0 Å². The van der Waals surface area contributed by atoms with Crippen molar-refractivity contribution in [2.75, 3.05) is 5.32 Å². The Balaban J connectivity index is 2.06. The molecule has 0 aliphatic heterocycles. The van der Waals surface area contributed by atoms with Gasteiger partial charge in [-0.05, 0) is 67.8 Å². The SMILES string of the molecule is Oc1ccc(CNc2ccc(Cl)c(Br)c2)cc1Br. The number of phenolic OH excluding ortho intramolecular Hbond substituents is 1. The van der Waals surface area contributed by atoms with Gasteiger partial charge in [-0.2, -0.15) is 0 Å². The van der Waals surface area contributed by atoms with Crippen molar-refractivity contribution in [1.82, 2.24) is 0 Å². The monoisotopic (exact) mass is 389 g/mol. The molecular formula is C13H10Br2ClNO. The van der Waals surface area contributed by atoms with Gasteiger partial charge < -0.3 is 10.4 Å². The van der Waals surface area contributed by atoms with E-state index in [1.54, 1.807) is 6.07 Å². The molecule has 2 N–H and O–H groups in total. The second kappa shape index (κ2) is 5.95. The number of anilines is 1. The highest BCUT2D eigenvalue weighted by molar-refractivity contribution is 9.10. The minimum atomic E-state index is 0.244. The predicted molar refractivity (Wildman–Crippen MR) is 82.3 cm³/mol. The normalized spacial score (nSPS) is 10.4. The molecule has 0 unspecified atom stereocenters. The summed E-state index contributed by atoms with van der Waals surface area (Å²) in [4.78, 5) is 0. The summed E-state index contributed by atoms with van der Waals surface area (Å²) in [5.74, 6) is 0.244. The first kappa shape index (κ1) is 13.7. The zero-order chi connectivity index (χ0) is 13.1. The van der Waals surface area contributed by atoms with Gasteiger partial charge in [0, 0.05) is 16.7 Å². The molecule has 5 heteroatoms. The Morgan fingerprint density at radius 2 is 1.83 bits per heavy atom. The van der Waals surface area contributed by atoms with E-state index in [-0.39, 0.29) is 5.75 Å². The molecule has 0 bridgehead atoms. The second-order valence-electron chi connectivity index (χ2n) is 3.77. The number of aromatic hydroxyl groups is 1. The molecule has 0 saturated heterocycles. The zero-order valence-corrected chi connectivity index (χ0v) is 13.2. The van der Waals surface area contributed by atoms with E-state index in [2.05, 4.69) is 37.2 Å². The van der Waals surface area contributed by atoms with Crippen LogP contribution in [0.15, 0.2) is 45.3 Å². The largest absolute Gasteiger partial charge is 0.507 e. The minimum absolute atomic E-state index is 0.244. The van der Waals surface area contributed by atoms with Crippen molar-refractivity contribution in [3.05, 3.63) is 55.9 Å². The molecule has 0 saturated carbocycles. The topological polar surface area (TPSA) is 32.3 Å². The van der Waals surface area contributed by atoms with Crippen LogP contribution in [0.4, 0.5) is 5.69 Å². The highest BCUT2D eigenvalue weighted by Gasteiger charge is 2.01. The number of rotatable bonds is 3. The molecule has 0 aromatic heterocycles. The molecule has 0 aliphatic carbocycles. The summed E-state index contributed by atoms with van der Waals surface area (Å²) in [6, 6.07) is 11.1. The third kappa shape index (κ3) is 3.40. The van der Waals surface area contributed by atoms with Gasteiger partial charge in [0.2, 0.25) is 0 Å². The Hall–Kier alpha value is -0.710. The molecule has 94 valence electrons. The Kier molecular flexibility index (Phi) is 4.54. The van der Waals surface area contributed by atoms with Crippen LogP contribution >= 0.6 is 43.5 Å². The molecule has 0 spiro atoms. The average molecular weight is 391 g/mol. The molecule has 0 aliphatic rings. The van der Waals surface area contributed by atoms with Crippen LogP contribution in [0, 0.1) is 0 Å². The first-order chi connectivity index (χ1) is 8.56. The quantitative estimate of drug-likeness (QED) is 0.755. The number of halogens is 3. The van der Waals surface area contributed by atoms with Crippen LogP contribution in [0.1, 0.15) is 5.56 Å². The number of nitrogens with one attached hydrogen (secondary N) is 1. The molecule has 2 aromatic rings. The Labute approximate surface area is 127 Å². The standard InChI is InChI=1S/C13H10Br2ClNO/c14-10-6-9(2-3-12(10)16)17-7-8-1-4-13(18)11(15)5-8/h1-6,17-18H,7H2. The summed E-state index contributed by atoms with van der Waals surface area (Å²) in [6.45, 7) is 0.674. The second-order valence-corrected chi connectivity index (χ2v) is 5.88. The number of hydrogen-bond donors (Lipinski definition) is 2. The summed E-state index contributed by atoms with van der Waals surface area (Å²) in [6.07, 6.45) is 0. The predicted octanol–water partition coefficient (Wildman–Crippen LogP) is 5.18. The maximum atomic E-state index is 9.41. The minimum Gasteiger partial charge on any atom is -0.507 e. The summed E-state index contributed by atoms with van der Waals surface area (Å²) in [7, 11) is 0. The van der Waals surface area contributed by atoms with Crippen LogP contribution in [0.3, 0.4) is 0 Å². The van der Waals surface area contributed by atoms with E-state index in [0.29, 0.717) is 16.0 Å². The highest BCUT2D eigenvalue weighted by Crippen LogP contribution is 2.27. The van der Waals surface area contributed by atoms with E-state index in [4.69, 9.17) is 11.6 Å². The lowest BCUT2D eigenvalue weighted by Crippen LogP contribution is -1.99. The van der Waals surface area contributed by atoms with Gasteiger partial charge in [0.15, 0.2) is 0 Å². The molecule has 0 amide bonds. The van der Waals surface area contributed by atoms with Gasteiger partial charge in [-0.25, -0.2) is 0 Å².